The second kappa shape index (κ2) is 9.36. The maximum Gasteiger partial charge on any atom is 0.233 e. The molecule has 1 amide bonds. The van der Waals surface area contributed by atoms with E-state index in [-0.39, 0.29) is 17.2 Å². The van der Waals surface area contributed by atoms with Crippen molar-refractivity contribution in [1.82, 2.24) is 5.32 Å². The van der Waals surface area contributed by atoms with Gasteiger partial charge in [0.1, 0.15) is 0 Å². The highest BCUT2D eigenvalue weighted by atomic mass is 35.5. The Labute approximate surface area is 157 Å². The van der Waals surface area contributed by atoms with Crippen molar-refractivity contribution in [3.63, 3.8) is 0 Å². The molecule has 0 unspecified atom stereocenters. The van der Waals surface area contributed by atoms with Crippen LogP contribution >= 0.6 is 35.0 Å². The van der Waals surface area contributed by atoms with Gasteiger partial charge in [-0.25, -0.2) is 0 Å². The molecule has 0 heterocycles. The zero-order valence-electron chi connectivity index (χ0n) is 13.8. The number of carbonyl (C=O) groups excluding carboxylic acids is 1. The maximum atomic E-state index is 12.4. The number of thioether (sulfide) groups is 1. The Hall–Kier alpha value is -1.16. The Bertz CT molecular complexity index is 658. The van der Waals surface area contributed by atoms with Crippen LogP contribution < -0.4 is 5.32 Å². The van der Waals surface area contributed by atoms with E-state index in [1.807, 2.05) is 32.0 Å². The van der Waals surface area contributed by atoms with Crippen molar-refractivity contribution in [1.29, 1.82) is 0 Å². The Morgan fingerprint density at radius 1 is 1.04 bits per heavy atom. The molecule has 0 radical (unpaired) electrons. The molecule has 0 aliphatic heterocycles. The van der Waals surface area contributed by atoms with E-state index in [2.05, 4.69) is 17.4 Å². The van der Waals surface area contributed by atoms with Gasteiger partial charge < -0.3 is 5.32 Å². The van der Waals surface area contributed by atoms with E-state index in [1.54, 1.807) is 18.2 Å². The minimum atomic E-state index is -0.262. The molecule has 2 rings (SSSR count). The third-order valence-electron chi connectivity index (χ3n) is 3.68. The maximum absolute atomic E-state index is 12.4. The molecule has 0 aliphatic rings. The molecular weight excluding hydrogens is 361 g/mol. The second-order valence-corrected chi connectivity index (χ2v) is 7.91. The van der Waals surface area contributed by atoms with Crippen LogP contribution in [0.5, 0.6) is 0 Å². The lowest BCUT2D eigenvalue weighted by Crippen LogP contribution is -2.37. The third kappa shape index (κ3) is 5.73. The van der Waals surface area contributed by atoms with E-state index in [4.69, 9.17) is 23.2 Å². The minimum Gasteiger partial charge on any atom is -0.353 e. The quantitative estimate of drug-likeness (QED) is 0.631. The molecule has 0 bridgehead atoms. The Kier molecular flexibility index (Phi) is 7.47. The fourth-order valence-electron chi connectivity index (χ4n) is 2.29. The van der Waals surface area contributed by atoms with E-state index < -0.39 is 0 Å². The summed E-state index contributed by atoms with van der Waals surface area (Å²) in [6, 6.07) is 15.8. The minimum absolute atomic E-state index is 0.00320. The van der Waals surface area contributed by atoms with Crippen LogP contribution in [0.25, 0.3) is 0 Å². The van der Waals surface area contributed by atoms with E-state index in [0.717, 1.165) is 17.7 Å². The van der Waals surface area contributed by atoms with Gasteiger partial charge >= 0.3 is 0 Å². The summed E-state index contributed by atoms with van der Waals surface area (Å²) in [5.74, 6) is -0.00320. The number of benzene rings is 2. The fourth-order valence-corrected chi connectivity index (χ4v) is 3.84. The molecule has 1 N–H and O–H groups in total. The largest absolute Gasteiger partial charge is 0.353 e. The molecule has 24 heavy (non-hydrogen) atoms. The van der Waals surface area contributed by atoms with E-state index >= 15 is 0 Å². The second-order valence-electron chi connectivity index (χ2n) is 5.74. The molecule has 2 aromatic rings. The van der Waals surface area contributed by atoms with Crippen molar-refractivity contribution in [2.24, 2.45) is 0 Å². The predicted octanol–water partition coefficient (Wildman–Crippen LogP) is 5.61. The fraction of sp³-hybridized carbons (Fsp3) is 0.316. The molecule has 0 saturated heterocycles. The van der Waals surface area contributed by atoms with Gasteiger partial charge in [0, 0.05) is 10.9 Å². The van der Waals surface area contributed by atoms with Crippen molar-refractivity contribution in [2.45, 2.75) is 42.9 Å². The number of hydrogen-bond acceptors (Lipinski definition) is 2. The molecule has 0 aliphatic carbocycles. The highest BCUT2D eigenvalue weighted by molar-refractivity contribution is 8.00. The summed E-state index contributed by atoms with van der Waals surface area (Å²) >= 11 is 13.7. The van der Waals surface area contributed by atoms with Gasteiger partial charge in [-0.3, -0.25) is 4.79 Å². The number of aryl methyl sites for hydroxylation is 1. The van der Waals surface area contributed by atoms with Gasteiger partial charge in [-0.05, 0) is 44.4 Å². The SMILES string of the molecule is C[C@H](CCc1ccccc1)NC(=O)[C@@H](C)Sc1c(Cl)cccc1Cl. The smallest absolute Gasteiger partial charge is 0.233 e. The molecule has 128 valence electrons. The summed E-state index contributed by atoms with van der Waals surface area (Å²) in [4.78, 5) is 13.1. The summed E-state index contributed by atoms with van der Waals surface area (Å²) in [6.07, 6.45) is 1.85. The molecule has 2 aromatic carbocycles. The van der Waals surface area contributed by atoms with Crippen molar-refractivity contribution in [3.8, 4) is 0 Å². The number of carbonyl (C=O) groups is 1. The van der Waals surface area contributed by atoms with Crippen LogP contribution in [-0.4, -0.2) is 17.2 Å². The third-order valence-corrected chi connectivity index (χ3v) is 5.78. The zero-order valence-corrected chi connectivity index (χ0v) is 16.1. The predicted molar refractivity (Wildman–Crippen MR) is 104 cm³/mol. The lowest BCUT2D eigenvalue weighted by atomic mass is 10.1. The van der Waals surface area contributed by atoms with Crippen molar-refractivity contribution < 1.29 is 4.79 Å². The molecule has 2 nitrogen and oxygen atoms in total. The average Bonchev–Trinajstić information content (AvgIpc) is 2.57. The van der Waals surface area contributed by atoms with Gasteiger partial charge in [-0.15, -0.1) is 11.8 Å². The number of halogens is 2. The van der Waals surface area contributed by atoms with E-state index in [1.165, 1.54) is 17.3 Å². The number of amides is 1. The molecule has 2 atom stereocenters. The number of hydrogen-bond donors (Lipinski definition) is 1. The van der Waals surface area contributed by atoms with Crippen molar-refractivity contribution in [3.05, 3.63) is 64.1 Å². The molecule has 0 spiro atoms. The highest BCUT2D eigenvalue weighted by Gasteiger charge is 2.19. The van der Waals surface area contributed by atoms with E-state index in [0.29, 0.717) is 10.0 Å². The summed E-state index contributed by atoms with van der Waals surface area (Å²) in [5, 5.41) is 3.95. The first-order valence-electron chi connectivity index (χ1n) is 7.92. The number of rotatable bonds is 7. The van der Waals surface area contributed by atoms with Gasteiger partial charge in [0.05, 0.1) is 15.3 Å². The van der Waals surface area contributed by atoms with Gasteiger partial charge in [-0.1, -0.05) is 59.6 Å². The van der Waals surface area contributed by atoms with Gasteiger partial charge in [0.2, 0.25) is 5.91 Å². The van der Waals surface area contributed by atoms with Crippen LogP contribution in [0.15, 0.2) is 53.4 Å². The van der Waals surface area contributed by atoms with Crippen LogP contribution in [0.4, 0.5) is 0 Å². The highest BCUT2D eigenvalue weighted by Crippen LogP contribution is 2.36. The topological polar surface area (TPSA) is 29.1 Å². The van der Waals surface area contributed by atoms with Crippen LogP contribution in [0.2, 0.25) is 10.0 Å². The van der Waals surface area contributed by atoms with Gasteiger partial charge in [0.25, 0.3) is 0 Å². The summed E-state index contributed by atoms with van der Waals surface area (Å²) in [7, 11) is 0. The van der Waals surface area contributed by atoms with Crippen LogP contribution in [0.3, 0.4) is 0 Å². The van der Waals surface area contributed by atoms with E-state index in [9.17, 15) is 4.79 Å². The van der Waals surface area contributed by atoms with Crippen molar-refractivity contribution in [2.75, 3.05) is 0 Å². The monoisotopic (exact) mass is 381 g/mol. The van der Waals surface area contributed by atoms with Crippen molar-refractivity contribution >= 4 is 40.9 Å². The van der Waals surface area contributed by atoms with Crippen LogP contribution in [0, 0.1) is 0 Å². The van der Waals surface area contributed by atoms with Crippen LogP contribution in [0.1, 0.15) is 25.8 Å². The summed E-state index contributed by atoms with van der Waals surface area (Å²) in [5.41, 5.74) is 1.28. The molecular formula is C19H21Cl2NOS. The normalized spacial score (nSPS) is 13.3. The molecule has 0 fully saturated rings. The molecule has 0 aromatic heterocycles. The molecule has 5 heteroatoms. The zero-order chi connectivity index (χ0) is 17.5. The Morgan fingerprint density at radius 2 is 1.67 bits per heavy atom. The lowest BCUT2D eigenvalue weighted by Gasteiger charge is -2.18. The summed E-state index contributed by atoms with van der Waals surface area (Å²) < 4.78 is 0. The first-order valence-corrected chi connectivity index (χ1v) is 9.56. The first kappa shape index (κ1) is 19.2. The van der Waals surface area contributed by atoms with Crippen LogP contribution in [-0.2, 0) is 11.2 Å². The first-order chi connectivity index (χ1) is 11.5. The molecule has 0 saturated carbocycles. The Balaban J connectivity index is 1.84. The van der Waals surface area contributed by atoms with Gasteiger partial charge in [0.15, 0.2) is 0 Å². The average molecular weight is 382 g/mol. The Morgan fingerprint density at radius 3 is 2.29 bits per heavy atom. The standard InChI is InChI=1S/C19H21Cl2NOS/c1-13(11-12-15-7-4-3-5-8-15)22-19(23)14(2)24-18-16(20)9-6-10-17(18)21/h3-10,13-14H,11-12H2,1-2H3,(H,22,23)/t13-,14-/m1/s1. The summed E-state index contributed by atoms with van der Waals surface area (Å²) in [6.45, 7) is 3.89. The lowest BCUT2D eigenvalue weighted by molar-refractivity contribution is -0.120. The van der Waals surface area contributed by atoms with Gasteiger partial charge in [-0.2, -0.15) is 0 Å². The number of nitrogens with one attached hydrogen (secondary N) is 1.